The van der Waals surface area contributed by atoms with Crippen LogP contribution in [0.3, 0.4) is 0 Å². The van der Waals surface area contributed by atoms with E-state index in [-0.39, 0.29) is 11.3 Å². The Morgan fingerprint density at radius 2 is 2.06 bits per heavy atom. The molecule has 0 amide bonds. The first-order chi connectivity index (χ1) is 7.33. The number of ketones is 1. The Balaban J connectivity index is 3.13. The molecule has 88 valence electrons. The van der Waals surface area contributed by atoms with Gasteiger partial charge in [-0.15, -0.1) is 24.8 Å². The average molecular weight is 254 g/mol. The molecule has 2 N–H and O–H groups in total. The number of anilines is 1. The molecule has 7 heteroatoms. The van der Waals surface area contributed by atoms with Crippen LogP contribution in [0.1, 0.15) is 10.4 Å². The van der Waals surface area contributed by atoms with E-state index in [1.807, 2.05) is 0 Å². The van der Waals surface area contributed by atoms with Crippen LogP contribution in [0, 0.1) is 0 Å². The van der Waals surface area contributed by atoms with Crippen molar-refractivity contribution >= 4 is 23.1 Å². The molecular weight excluding hydrogens is 247 g/mol. The number of benzene rings is 1. The van der Waals surface area contributed by atoms with Crippen molar-refractivity contribution in [2.24, 2.45) is 0 Å². The van der Waals surface area contributed by atoms with Gasteiger partial charge in [0.25, 0.3) is 0 Å². The average Bonchev–Trinajstić information content (AvgIpc) is 2.17. The molecule has 0 saturated heterocycles. The van der Waals surface area contributed by atoms with Crippen molar-refractivity contribution in [2.45, 2.75) is 6.36 Å². The Kier molecular flexibility index (Phi) is 3.64. The number of hydrogen-bond acceptors (Lipinski definition) is 3. The highest BCUT2D eigenvalue weighted by Crippen LogP contribution is 2.28. The summed E-state index contributed by atoms with van der Waals surface area (Å²) in [5.74, 6) is -1.74. The maximum Gasteiger partial charge on any atom is 0.573 e. The lowest BCUT2D eigenvalue weighted by atomic mass is 10.1. The molecule has 0 aliphatic carbocycles. The Hall–Kier alpha value is -1.43. The molecular formula is C9H7ClF3NO2. The second kappa shape index (κ2) is 4.61. The van der Waals surface area contributed by atoms with Gasteiger partial charge in [0.2, 0.25) is 0 Å². The number of nitrogen functional groups attached to an aromatic ring is 1. The lowest BCUT2D eigenvalue weighted by molar-refractivity contribution is -0.274. The Labute approximate surface area is 93.9 Å². The maximum atomic E-state index is 12.0. The topological polar surface area (TPSA) is 52.3 Å². The van der Waals surface area contributed by atoms with Gasteiger partial charge in [-0.1, -0.05) is 0 Å². The van der Waals surface area contributed by atoms with E-state index in [0.29, 0.717) is 0 Å². The summed E-state index contributed by atoms with van der Waals surface area (Å²) >= 11 is 5.25. The third kappa shape index (κ3) is 3.30. The molecule has 0 fully saturated rings. The number of hydrogen-bond donors (Lipinski definition) is 1. The van der Waals surface area contributed by atoms with Gasteiger partial charge in [0, 0.05) is 5.69 Å². The fourth-order valence-corrected chi connectivity index (χ4v) is 1.20. The minimum absolute atomic E-state index is 0.156. The molecule has 1 aromatic rings. The molecule has 0 heterocycles. The number of halogens is 4. The van der Waals surface area contributed by atoms with E-state index >= 15 is 0 Å². The van der Waals surface area contributed by atoms with Crippen LogP contribution in [-0.4, -0.2) is 18.0 Å². The van der Waals surface area contributed by atoms with Gasteiger partial charge in [-0.25, -0.2) is 0 Å². The fraction of sp³-hybridized carbons (Fsp3) is 0.222. The first-order valence-corrected chi connectivity index (χ1v) is 4.61. The van der Waals surface area contributed by atoms with Gasteiger partial charge < -0.3 is 10.5 Å². The number of rotatable bonds is 3. The Morgan fingerprint density at radius 3 is 2.56 bits per heavy atom. The zero-order valence-electron chi connectivity index (χ0n) is 7.84. The second-order valence-electron chi connectivity index (χ2n) is 2.86. The monoisotopic (exact) mass is 253 g/mol. The number of carbonyl (C=O) groups excluding carboxylic acids is 1. The van der Waals surface area contributed by atoms with Gasteiger partial charge in [-0.3, -0.25) is 4.79 Å². The summed E-state index contributed by atoms with van der Waals surface area (Å²) in [6.45, 7) is 0. The lowest BCUT2D eigenvalue weighted by Gasteiger charge is -2.12. The van der Waals surface area contributed by atoms with Crippen molar-refractivity contribution in [3.8, 4) is 5.75 Å². The smallest absolute Gasteiger partial charge is 0.405 e. The molecule has 0 atom stereocenters. The minimum Gasteiger partial charge on any atom is -0.405 e. The molecule has 1 aromatic carbocycles. The number of ether oxygens (including phenoxy) is 1. The standard InChI is InChI=1S/C9H7ClF3NO2/c10-4-7(15)6-3-5(14)1-2-8(6)16-9(11,12)13/h1-3H,4,14H2. The third-order valence-electron chi connectivity index (χ3n) is 1.65. The van der Waals surface area contributed by atoms with Crippen LogP contribution >= 0.6 is 11.6 Å². The van der Waals surface area contributed by atoms with Gasteiger partial charge >= 0.3 is 6.36 Å². The fourth-order valence-electron chi connectivity index (χ4n) is 1.05. The molecule has 0 radical (unpaired) electrons. The summed E-state index contributed by atoms with van der Waals surface area (Å²) in [4.78, 5) is 11.2. The van der Waals surface area contributed by atoms with Crippen molar-refractivity contribution in [2.75, 3.05) is 11.6 Å². The quantitative estimate of drug-likeness (QED) is 0.512. The van der Waals surface area contributed by atoms with Crippen LogP contribution < -0.4 is 10.5 Å². The lowest BCUT2D eigenvalue weighted by Crippen LogP contribution is -2.19. The molecule has 0 aliphatic rings. The zero-order valence-corrected chi connectivity index (χ0v) is 8.60. The third-order valence-corrected chi connectivity index (χ3v) is 1.89. The van der Waals surface area contributed by atoms with Gasteiger partial charge in [0.05, 0.1) is 11.4 Å². The van der Waals surface area contributed by atoms with Gasteiger partial charge in [-0.2, -0.15) is 0 Å². The van der Waals surface area contributed by atoms with E-state index in [9.17, 15) is 18.0 Å². The van der Waals surface area contributed by atoms with E-state index in [2.05, 4.69) is 4.74 Å². The number of Topliss-reactive ketones (excluding diaryl/α,β-unsaturated/α-hetero) is 1. The van der Waals surface area contributed by atoms with Gasteiger partial charge in [0.15, 0.2) is 5.78 Å². The van der Waals surface area contributed by atoms with Crippen LogP contribution in [0.15, 0.2) is 18.2 Å². The molecule has 0 aliphatic heterocycles. The number of carbonyl (C=O) groups is 1. The predicted molar refractivity (Wildman–Crippen MR) is 52.6 cm³/mol. The Bertz CT molecular complexity index is 406. The second-order valence-corrected chi connectivity index (χ2v) is 3.13. The van der Waals surface area contributed by atoms with Crippen LogP contribution in [0.5, 0.6) is 5.75 Å². The van der Waals surface area contributed by atoms with Crippen LogP contribution in [0.25, 0.3) is 0 Å². The molecule has 0 spiro atoms. The molecule has 0 unspecified atom stereocenters. The van der Waals surface area contributed by atoms with Crippen molar-refractivity contribution in [3.05, 3.63) is 23.8 Å². The van der Waals surface area contributed by atoms with Crippen molar-refractivity contribution < 1.29 is 22.7 Å². The molecule has 16 heavy (non-hydrogen) atoms. The van der Waals surface area contributed by atoms with E-state index in [0.717, 1.165) is 12.1 Å². The largest absolute Gasteiger partial charge is 0.573 e. The summed E-state index contributed by atoms with van der Waals surface area (Å²) in [5, 5.41) is 0. The first-order valence-electron chi connectivity index (χ1n) is 4.08. The van der Waals surface area contributed by atoms with E-state index in [4.69, 9.17) is 17.3 Å². The zero-order chi connectivity index (χ0) is 12.3. The van der Waals surface area contributed by atoms with Crippen molar-refractivity contribution in [1.29, 1.82) is 0 Å². The highest BCUT2D eigenvalue weighted by molar-refractivity contribution is 6.30. The normalized spacial score (nSPS) is 11.2. The van der Waals surface area contributed by atoms with E-state index in [1.165, 1.54) is 6.07 Å². The summed E-state index contributed by atoms with van der Waals surface area (Å²) in [7, 11) is 0. The molecule has 0 aromatic heterocycles. The molecule has 1 rings (SSSR count). The van der Waals surface area contributed by atoms with E-state index < -0.39 is 23.8 Å². The Morgan fingerprint density at radius 1 is 1.44 bits per heavy atom. The SMILES string of the molecule is Nc1ccc(OC(F)(F)F)c(C(=O)CCl)c1. The van der Waals surface area contributed by atoms with E-state index in [1.54, 1.807) is 0 Å². The van der Waals surface area contributed by atoms with Crippen LogP contribution in [-0.2, 0) is 0 Å². The number of nitrogens with two attached hydrogens (primary N) is 1. The highest BCUT2D eigenvalue weighted by Gasteiger charge is 2.32. The van der Waals surface area contributed by atoms with Gasteiger partial charge in [0.1, 0.15) is 5.75 Å². The van der Waals surface area contributed by atoms with Crippen LogP contribution in [0.4, 0.5) is 18.9 Å². The number of alkyl halides is 4. The summed E-state index contributed by atoms with van der Waals surface area (Å²) < 4.78 is 39.7. The van der Waals surface area contributed by atoms with Crippen LogP contribution in [0.2, 0.25) is 0 Å². The van der Waals surface area contributed by atoms with Gasteiger partial charge in [-0.05, 0) is 18.2 Å². The predicted octanol–water partition coefficient (Wildman–Crippen LogP) is 2.59. The maximum absolute atomic E-state index is 12.0. The molecule has 0 bridgehead atoms. The molecule has 3 nitrogen and oxygen atoms in total. The first kappa shape index (κ1) is 12.6. The van der Waals surface area contributed by atoms with Crippen molar-refractivity contribution in [3.63, 3.8) is 0 Å². The summed E-state index contributed by atoms with van der Waals surface area (Å²) in [6.07, 6.45) is -4.86. The van der Waals surface area contributed by atoms with Crippen molar-refractivity contribution in [1.82, 2.24) is 0 Å². The molecule has 0 saturated carbocycles. The summed E-state index contributed by atoms with van der Waals surface area (Å²) in [5.41, 5.74) is 5.22. The summed E-state index contributed by atoms with van der Waals surface area (Å²) in [6, 6.07) is 3.26. The minimum atomic E-state index is -4.86. The highest BCUT2D eigenvalue weighted by atomic mass is 35.5.